The highest BCUT2D eigenvalue weighted by Gasteiger charge is 2.24. The van der Waals surface area contributed by atoms with Gasteiger partial charge in [0.1, 0.15) is 0 Å². The first kappa shape index (κ1) is 11.8. The number of carbonyl (C=O) groups is 1. The Balaban J connectivity index is 2.29. The summed E-state index contributed by atoms with van der Waals surface area (Å²) in [5.74, 6) is 0.777. The summed E-state index contributed by atoms with van der Waals surface area (Å²) in [6.07, 6.45) is 2.63. The van der Waals surface area contributed by atoms with Crippen molar-refractivity contribution in [2.75, 3.05) is 19.1 Å². The molecule has 0 aromatic carbocycles. The Hall–Kier alpha value is -0.280. The van der Waals surface area contributed by atoms with Crippen LogP contribution in [0.3, 0.4) is 0 Å². The van der Waals surface area contributed by atoms with E-state index >= 15 is 0 Å². The summed E-state index contributed by atoms with van der Waals surface area (Å²) >= 11 is 5.64. The zero-order valence-corrected chi connectivity index (χ0v) is 9.35. The molecule has 1 heterocycles. The third-order valence-electron chi connectivity index (χ3n) is 2.60. The summed E-state index contributed by atoms with van der Waals surface area (Å²) < 4.78 is 5.17. The summed E-state index contributed by atoms with van der Waals surface area (Å²) in [5.41, 5.74) is 0. The standard InChI is InChI=1S/C10H18ClNO2/c1-2-9(3-5-11)12-10(13)8-4-6-14-7-8/h8-9H,2-7H2,1H3,(H,12,13). The van der Waals surface area contributed by atoms with Gasteiger partial charge in [0.15, 0.2) is 0 Å². The van der Waals surface area contributed by atoms with Crippen molar-refractivity contribution in [1.82, 2.24) is 5.32 Å². The molecule has 0 bridgehead atoms. The van der Waals surface area contributed by atoms with E-state index < -0.39 is 0 Å². The molecule has 2 atom stereocenters. The topological polar surface area (TPSA) is 38.3 Å². The van der Waals surface area contributed by atoms with E-state index in [0.29, 0.717) is 19.1 Å². The second-order valence-corrected chi connectivity index (χ2v) is 4.03. The van der Waals surface area contributed by atoms with Gasteiger partial charge in [-0.05, 0) is 19.3 Å². The molecule has 0 aliphatic carbocycles. The third kappa shape index (κ3) is 3.46. The van der Waals surface area contributed by atoms with Crippen LogP contribution in [0.1, 0.15) is 26.2 Å². The number of halogens is 1. The zero-order valence-electron chi connectivity index (χ0n) is 8.59. The van der Waals surface area contributed by atoms with Crippen LogP contribution >= 0.6 is 11.6 Å². The van der Waals surface area contributed by atoms with E-state index in [1.54, 1.807) is 0 Å². The first-order valence-corrected chi connectivity index (χ1v) is 5.75. The summed E-state index contributed by atoms with van der Waals surface area (Å²) in [6, 6.07) is 0.223. The first-order chi connectivity index (χ1) is 6.77. The van der Waals surface area contributed by atoms with Crippen LogP contribution in [-0.2, 0) is 9.53 Å². The van der Waals surface area contributed by atoms with Crippen molar-refractivity contribution in [3.63, 3.8) is 0 Å². The van der Waals surface area contributed by atoms with Crippen LogP contribution in [0.2, 0.25) is 0 Å². The predicted molar refractivity (Wildman–Crippen MR) is 56.5 cm³/mol. The van der Waals surface area contributed by atoms with Crippen molar-refractivity contribution in [2.24, 2.45) is 5.92 Å². The van der Waals surface area contributed by atoms with Crippen molar-refractivity contribution in [1.29, 1.82) is 0 Å². The van der Waals surface area contributed by atoms with Gasteiger partial charge in [-0.1, -0.05) is 6.92 Å². The van der Waals surface area contributed by atoms with Gasteiger partial charge >= 0.3 is 0 Å². The fourth-order valence-corrected chi connectivity index (χ4v) is 1.83. The molecule has 1 aliphatic heterocycles. The molecule has 1 rings (SSSR count). The average Bonchev–Trinajstić information content (AvgIpc) is 2.69. The summed E-state index contributed by atoms with van der Waals surface area (Å²) in [6.45, 7) is 3.34. The smallest absolute Gasteiger partial charge is 0.225 e. The van der Waals surface area contributed by atoms with Gasteiger partial charge in [-0.15, -0.1) is 11.6 Å². The number of nitrogens with one attached hydrogen (secondary N) is 1. The lowest BCUT2D eigenvalue weighted by molar-refractivity contribution is -0.125. The van der Waals surface area contributed by atoms with Crippen molar-refractivity contribution >= 4 is 17.5 Å². The maximum atomic E-state index is 11.7. The lowest BCUT2D eigenvalue weighted by atomic mass is 10.1. The van der Waals surface area contributed by atoms with E-state index in [0.717, 1.165) is 19.3 Å². The van der Waals surface area contributed by atoms with Crippen LogP contribution in [0.5, 0.6) is 0 Å². The summed E-state index contributed by atoms with van der Waals surface area (Å²) in [4.78, 5) is 11.7. The highest BCUT2D eigenvalue weighted by Crippen LogP contribution is 2.13. The fraction of sp³-hybridized carbons (Fsp3) is 0.900. The normalized spacial score (nSPS) is 23.4. The minimum Gasteiger partial charge on any atom is -0.381 e. The number of hydrogen-bond acceptors (Lipinski definition) is 2. The molecule has 14 heavy (non-hydrogen) atoms. The van der Waals surface area contributed by atoms with Crippen molar-refractivity contribution in [3.05, 3.63) is 0 Å². The Morgan fingerprint density at radius 1 is 1.71 bits per heavy atom. The molecule has 2 unspecified atom stereocenters. The van der Waals surface area contributed by atoms with E-state index in [1.165, 1.54) is 0 Å². The minimum absolute atomic E-state index is 0.0550. The van der Waals surface area contributed by atoms with Gasteiger partial charge in [0.2, 0.25) is 5.91 Å². The molecule has 1 fully saturated rings. The Labute approximate surface area is 90.1 Å². The highest BCUT2D eigenvalue weighted by atomic mass is 35.5. The van der Waals surface area contributed by atoms with Gasteiger partial charge in [-0.25, -0.2) is 0 Å². The first-order valence-electron chi connectivity index (χ1n) is 5.22. The number of ether oxygens (including phenoxy) is 1. The molecule has 0 radical (unpaired) electrons. The molecule has 0 aromatic rings. The van der Waals surface area contributed by atoms with E-state index in [4.69, 9.17) is 16.3 Å². The Kier molecular flexibility index (Phi) is 5.26. The molecular weight excluding hydrogens is 202 g/mol. The largest absolute Gasteiger partial charge is 0.381 e. The van der Waals surface area contributed by atoms with Gasteiger partial charge in [0.25, 0.3) is 0 Å². The molecule has 1 aliphatic rings. The molecule has 3 nitrogen and oxygen atoms in total. The lowest BCUT2D eigenvalue weighted by Crippen LogP contribution is -2.39. The predicted octanol–water partition coefficient (Wildman–Crippen LogP) is 1.55. The molecule has 82 valence electrons. The quantitative estimate of drug-likeness (QED) is 0.713. The van der Waals surface area contributed by atoms with Gasteiger partial charge < -0.3 is 10.1 Å². The van der Waals surface area contributed by atoms with Crippen LogP contribution in [-0.4, -0.2) is 31.0 Å². The Morgan fingerprint density at radius 2 is 2.50 bits per heavy atom. The summed E-state index contributed by atoms with van der Waals surface area (Å²) in [7, 11) is 0. The zero-order chi connectivity index (χ0) is 10.4. The SMILES string of the molecule is CCC(CCCl)NC(=O)C1CCOC1. The Morgan fingerprint density at radius 3 is 3.00 bits per heavy atom. The van der Waals surface area contributed by atoms with Gasteiger partial charge in [-0.3, -0.25) is 4.79 Å². The molecular formula is C10H18ClNO2. The van der Waals surface area contributed by atoms with E-state index in [2.05, 4.69) is 12.2 Å². The van der Waals surface area contributed by atoms with Crippen molar-refractivity contribution in [3.8, 4) is 0 Å². The monoisotopic (exact) mass is 219 g/mol. The van der Waals surface area contributed by atoms with E-state index in [-0.39, 0.29) is 17.9 Å². The van der Waals surface area contributed by atoms with Crippen molar-refractivity contribution in [2.45, 2.75) is 32.2 Å². The average molecular weight is 220 g/mol. The molecule has 1 N–H and O–H groups in total. The number of alkyl halides is 1. The fourth-order valence-electron chi connectivity index (χ4n) is 1.57. The Bertz CT molecular complexity index is 181. The minimum atomic E-state index is 0.0550. The van der Waals surface area contributed by atoms with E-state index in [1.807, 2.05) is 0 Å². The second-order valence-electron chi connectivity index (χ2n) is 3.65. The molecule has 0 aromatic heterocycles. The summed E-state index contributed by atoms with van der Waals surface area (Å²) in [5, 5.41) is 3.01. The number of amides is 1. The molecule has 4 heteroatoms. The van der Waals surface area contributed by atoms with Gasteiger partial charge in [0.05, 0.1) is 12.5 Å². The second kappa shape index (κ2) is 6.25. The number of rotatable bonds is 5. The number of hydrogen-bond donors (Lipinski definition) is 1. The van der Waals surface area contributed by atoms with Crippen molar-refractivity contribution < 1.29 is 9.53 Å². The van der Waals surface area contributed by atoms with E-state index in [9.17, 15) is 4.79 Å². The molecule has 1 saturated heterocycles. The lowest BCUT2D eigenvalue weighted by Gasteiger charge is -2.17. The van der Waals surface area contributed by atoms with Crippen LogP contribution in [0, 0.1) is 5.92 Å². The van der Waals surface area contributed by atoms with Gasteiger partial charge in [0, 0.05) is 18.5 Å². The van der Waals surface area contributed by atoms with Crippen LogP contribution < -0.4 is 5.32 Å². The molecule has 1 amide bonds. The molecule has 0 spiro atoms. The van der Waals surface area contributed by atoms with Crippen LogP contribution in [0.25, 0.3) is 0 Å². The van der Waals surface area contributed by atoms with Crippen LogP contribution in [0.4, 0.5) is 0 Å². The highest BCUT2D eigenvalue weighted by molar-refractivity contribution is 6.17. The van der Waals surface area contributed by atoms with Gasteiger partial charge in [-0.2, -0.15) is 0 Å². The van der Waals surface area contributed by atoms with Crippen LogP contribution in [0.15, 0.2) is 0 Å². The number of carbonyl (C=O) groups excluding carboxylic acids is 1. The molecule has 0 saturated carbocycles. The maximum absolute atomic E-state index is 11.7. The third-order valence-corrected chi connectivity index (χ3v) is 2.82. The maximum Gasteiger partial charge on any atom is 0.225 e.